The Morgan fingerprint density at radius 2 is 2.00 bits per heavy atom. The molecule has 1 aliphatic carbocycles. The van der Waals surface area contributed by atoms with Crippen LogP contribution < -0.4 is 0 Å². The number of aliphatic hydroxyl groups excluding tert-OH is 1. The number of esters is 2. The van der Waals surface area contributed by atoms with Crippen molar-refractivity contribution in [2.24, 2.45) is 23.7 Å². The van der Waals surface area contributed by atoms with E-state index in [0.717, 1.165) is 0 Å². The molecule has 0 amide bonds. The van der Waals surface area contributed by atoms with Crippen LogP contribution in [-0.4, -0.2) is 51.9 Å². The van der Waals surface area contributed by atoms with Crippen LogP contribution in [-0.2, 0) is 23.8 Å². The molecule has 7 nitrogen and oxygen atoms in total. The lowest BCUT2D eigenvalue weighted by Gasteiger charge is -2.57. The number of carbonyl (C=O) groups excluding carboxylic acids is 2. The molecule has 0 aromatic carbocycles. The van der Waals surface area contributed by atoms with E-state index < -0.39 is 41.6 Å². The van der Waals surface area contributed by atoms with Gasteiger partial charge in [0.05, 0.1) is 6.10 Å². The zero-order valence-corrected chi connectivity index (χ0v) is 20.8. The van der Waals surface area contributed by atoms with Gasteiger partial charge >= 0.3 is 11.9 Å². The molecule has 2 heterocycles. The van der Waals surface area contributed by atoms with Crippen LogP contribution in [0.15, 0.2) is 23.8 Å². The summed E-state index contributed by atoms with van der Waals surface area (Å²) in [7, 11) is 0. The number of rotatable bonds is 5. The lowest BCUT2D eigenvalue weighted by atomic mass is 9.57. The van der Waals surface area contributed by atoms with Gasteiger partial charge < -0.3 is 24.4 Å². The van der Waals surface area contributed by atoms with Gasteiger partial charge in [-0.05, 0) is 56.1 Å². The van der Waals surface area contributed by atoms with Gasteiger partial charge in [-0.15, -0.1) is 0 Å². The molecular formula is C26H40O7. The van der Waals surface area contributed by atoms with Crippen LogP contribution in [0.25, 0.3) is 0 Å². The summed E-state index contributed by atoms with van der Waals surface area (Å²) in [6, 6.07) is 0. The number of hydrogen-bond acceptors (Lipinski definition) is 7. The first-order valence-electron chi connectivity index (χ1n) is 12.2. The second-order valence-corrected chi connectivity index (χ2v) is 10.6. The second kappa shape index (κ2) is 9.51. The van der Waals surface area contributed by atoms with Gasteiger partial charge in [-0.3, -0.25) is 9.59 Å². The van der Waals surface area contributed by atoms with E-state index in [0.29, 0.717) is 36.8 Å². The summed E-state index contributed by atoms with van der Waals surface area (Å²) in [6.07, 6.45) is 1.70. The van der Waals surface area contributed by atoms with Gasteiger partial charge in [-0.25, -0.2) is 0 Å². The van der Waals surface area contributed by atoms with Crippen LogP contribution in [0.2, 0.25) is 0 Å². The van der Waals surface area contributed by atoms with Crippen molar-refractivity contribution in [2.45, 2.75) is 103 Å². The predicted molar refractivity (Wildman–Crippen MR) is 123 cm³/mol. The Morgan fingerprint density at radius 3 is 2.58 bits per heavy atom. The number of carbonyl (C=O) groups is 2. The van der Waals surface area contributed by atoms with Crippen LogP contribution in [0.5, 0.6) is 0 Å². The summed E-state index contributed by atoms with van der Waals surface area (Å²) in [5, 5.41) is 22.7. The topological polar surface area (TPSA) is 102 Å². The largest absolute Gasteiger partial charge is 0.458 e. The van der Waals surface area contributed by atoms with Gasteiger partial charge in [-0.2, -0.15) is 0 Å². The van der Waals surface area contributed by atoms with Crippen LogP contribution >= 0.6 is 0 Å². The Labute approximate surface area is 197 Å². The van der Waals surface area contributed by atoms with Crippen LogP contribution in [0, 0.1) is 23.7 Å². The van der Waals surface area contributed by atoms with Crippen LogP contribution in [0.3, 0.4) is 0 Å². The molecule has 2 N–H and O–H groups in total. The van der Waals surface area contributed by atoms with E-state index in [4.69, 9.17) is 14.2 Å². The molecule has 0 aromatic rings. The van der Waals surface area contributed by atoms with Crippen molar-refractivity contribution in [1.82, 2.24) is 0 Å². The SMILES string of the molecule is C=C1[C@H]2[C@@H]([C@@H](C(C)C)C[C@@H]1OC(C)=O)[C@H]1O[C@](O)(CC[C@@]1(C)OC(=O)CCC)/C(C)=C\[C@@H]2O. The van der Waals surface area contributed by atoms with Crippen molar-refractivity contribution in [3.05, 3.63) is 23.8 Å². The first-order chi connectivity index (χ1) is 15.3. The summed E-state index contributed by atoms with van der Waals surface area (Å²) >= 11 is 0. The number of aliphatic hydroxyl groups is 2. The fourth-order valence-corrected chi connectivity index (χ4v) is 6.03. The van der Waals surface area contributed by atoms with Crippen molar-refractivity contribution >= 4 is 11.9 Å². The molecule has 2 aliphatic heterocycles. The third kappa shape index (κ3) is 4.91. The molecule has 0 unspecified atom stereocenters. The van der Waals surface area contributed by atoms with Crippen molar-refractivity contribution in [1.29, 1.82) is 0 Å². The molecule has 33 heavy (non-hydrogen) atoms. The lowest BCUT2D eigenvalue weighted by molar-refractivity contribution is -0.308. The Kier molecular flexibility index (Phi) is 7.47. The Hall–Kier alpha value is -1.70. The van der Waals surface area contributed by atoms with Crippen molar-refractivity contribution in [2.75, 3.05) is 0 Å². The van der Waals surface area contributed by atoms with Crippen molar-refractivity contribution in [3.63, 3.8) is 0 Å². The number of hydrogen-bond donors (Lipinski definition) is 2. The summed E-state index contributed by atoms with van der Waals surface area (Å²) < 4.78 is 18.1. The molecule has 0 radical (unpaired) electrons. The first kappa shape index (κ1) is 25.9. The number of fused-ring (bicyclic) bond motifs is 4. The maximum Gasteiger partial charge on any atom is 0.306 e. The Bertz CT molecular complexity index is 817. The molecule has 2 bridgehead atoms. The third-order valence-electron chi connectivity index (χ3n) is 7.84. The number of ether oxygens (including phenoxy) is 3. The predicted octanol–water partition coefficient (Wildman–Crippen LogP) is 3.67. The molecule has 3 rings (SSSR count). The molecule has 2 fully saturated rings. The van der Waals surface area contributed by atoms with E-state index in [-0.39, 0.29) is 30.1 Å². The smallest absolute Gasteiger partial charge is 0.306 e. The van der Waals surface area contributed by atoms with Gasteiger partial charge in [0.2, 0.25) is 0 Å². The average Bonchev–Trinajstić information content (AvgIpc) is 2.70. The molecule has 186 valence electrons. The van der Waals surface area contributed by atoms with E-state index in [1.54, 1.807) is 13.0 Å². The fourth-order valence-electron chi connectivity index (χ4n) is 6.03. The molecule has 8 atom stereocenters. The molecule has 0 spiro atoms. The van der Waals surface area contributed by atoms with Gasteiger partial charge in [0.15, 0.2) is 5.79 Å². The zero-order valence-electron chi connectivity index (χ0n) is 20.8. The fraction of sp³-hybridized carbons (Fsp3) is 0.769. The van der Waals surface area contributed by atoms with E-state index >= 15 is 0 Å². The minimum absolute atomic E-state index is 0.0251. The van der Waals surface area contributed by atoms with Crippen LogP contribution in [0.1, 0.15) is 73.6 Å². The minimum Gasteiger partial charge on any atom is -0.458 e. The van der Waals surface area contributed by atoms with E-state index in [9.17, 15) is 19.8 Å². The molecule has 3 aliphatic rings. The van der Waals surface area contributed by atoms with Gasteiger partial charge in [-0.1, -0.05) is 33.4 Å². The highest BCUT2D eigenvalue weighted by Gasteiger charge is 2.60. The molecule has 0 aromatic heterocycles. The zero-order chi connectivity index (χ0) is 24.7. The summed E-state index contributed by atoms with van der Waals surface area (Å²) in [5.74, 6) is -2.87. The average molecular weight is 465 g/mol. The highest BCUT2D eigenvalue weighted by Crippen LogP contribution is 2.54. The van der Waals surface area contributed by atoms with Gasteiger partial charge in [0.25, 0.3) is 0 Å². The van der Waals surface area contributed by atoms with E-state index in [1.807, 2.05) is 13.8 Å². The molecular weight excluding hydrogens is 424 g/mol. The molecule has 1 saturated carbocycles. The van der Waals surface area contributed by atoms with Crippen molar-refractivity contribution in [3.8, 4) is 0 Å². The minimum atomic E-state index is -1.54. The van der Waals surface area contributed by atoms with E-state index in [1.165, 1.54) is 6.92 Å². The molecule has 7 heteroatoms. The van der Waals surface area contributed by atoms with Gasteiger partial charge in [0, 0.05) is 31.6 Å². The summed E-state index contributed by atoms with van der Waals surface area (Å²) in [6.45, 7) is 15.3. The Morgan fingerprint density at radius 1 is 1.33 bits per heavy atom. The monoisotopic (exact) mass is 464 g/mol. The summed E-state index contributed by atoms with van der Waals surface area (Å²) in [5.41, 5.74) is 0.176. The third-order valence-corrected chi connectivity index (χ3v) is 7.84. The first-order valence-corrected chi connectivity index (χ1v) is 12.2. The lowest BCUT2D eigenvalue weighted by Crippen LogP contribution is -2.64. The van der Waals surface area contributed by atoms with Crippen molar-refractivity contribution < 1.29 is 34.0 Å². The van der Waals surface area contributed by atoms with Crippen LogP contribution in [0.4, 0.5) is 0 Å². The maximum absolute atomic E-state index is 12.6. The maximum atomic E-state index is 12.6. The Balaban J connectivity index is 2.14. The second-order valence-electron chi connectivity index (χ2n) is 10.6. The van der Waals surface area contributed by atoms with Gasteiger partial charge in [0.1, 0.15) is 17.8 Å². The summed E-state index contributed by atoms with van der Waals surface area (Å²) in [4.78, 5) is 24.4. The highest BCUT2D eigenvalue weighted by atomic mass is 16.7. The highest BCUT2D eigenvalue weighted by molar-refractivity contribution is 5.70. The standard InChI is InChI=1S/C26H40O7/c1-8-9-21(29)32-25(7)10-11-26(30)15(4)12-19(28)22-16(5)20(31-17(6)27)13-18(14(2)3)23(22)24(25)33-26/h12,14,18-20,22-24,28,30H,5,8-11,13H2,1-4,6-7H3/b15-12-/t18-,19+,20+,22-,23-,24-,25-,26-/m1/s1. The molecule has 1 saturated heterocycles. The normalized spacial score (nSPS) is 42.5. The quantitative estimate of drug-likeness (QED) is 0.473. The van der Waals surface area contributed by atoms with E-state index in [2.05, 4.69) is 20.4 Å².